The van der Waals surface area contributed by atoms with Gasteiger partial charge in [-0.25, -0.2) is 4.98 Å². The predicted molar refractivity (Wildman–Crippen MR) is 77.1 cm³/mol. The van der Waals surface area contributed by atoms with Gasteiger partial charge in [0.1, 0.15) is 5.65 Å². The van der Waals surface area contributed by atoms with Crippen LogP contribution in [0.5, 0.6) is 0 Å². The maximum atomic E-state index is 4.70. The first-order chi connectivity index (χ1) is 9.26. The third-order valence-electron chi connectivity index (χ3n) is 3.98. The number of imidazole rings is 1. The van der Waals surface area contributed by atoms with E-state index in [9.17, 15) is 0 Å². The summed E-state index contributed by atoms with van der Waals surface area (Å²) in [6.45, 7) is 7.66. The minimum absolute atomic E-state index is 0.569. The first kappa shape index (κ1) is 12.6. The molecule has 2 aromatic rings. The largest absolute Gasteiger partial charge is 0.311 e. The van der Waals surface area contributed by atoms with E-state index < -0.39 is 0 Å². The zero-order valence-corrected chi connectivity index (χ0v) is 11.7. The molecule has 102 valence electrons. The molecule has 1 aliphatic rings. The summed E-state index contributed by atoms with van der Waals surface area (Å²) in [6.07, 6.45) is 5.39. The number of rotatable bonds is 3. The number of nitrogens with zero attached hydrogens (tertiary/aromatic N) is 3. The van der Waals surface area contributed by atoms with E-state index >= 15 is 0 Å². The molecule has 19 heavy (non-hydrogen) atoms. The van der Waals surface area contributed by atoms with Crippen molar-refractivity contribution in [3.8, 4) is 0 Å². The number of aromatic nitrogens is 2. The number of piperazine rings is 1. The van der Waals surface area contributed by atoms with Gasteiger partial charge < -0.3 is 9.72 Å². The zero-order valence-electron chi connectivity index (χ0n) is 11.7. The van der Waals surface area contributed by atoms with Gasteiger partial charge in [-0.05, 0) is 25.5 Å². The van der Waals surface area contributed by atoms with Crippen LogP contribution in [0.15, 0.2) is 30.6 Å². The van der Waals surface area contributed by atoms with Crippen molar-refractivity contribution in [2.75, 3.05) is 13.1 Å². The van der Waals surface area contributed by atoms with Gasteiger partial charge >= 0.3 is 0 Å². The highest BCUT2D eigenvalue weighted by molar-refractivity contribution is 5.39. The molecular weight excluding hydrogens is 236 g/mol. The van der Waals surface area contributed by atoms with E-state index in [4.69, 9.17) is 4.98 Å². The van der Waals surface area contributed by atoms with Gasteiger partial charge in [0, 0.05) is 44.1 Å². The van der Waals surface area contributed by atoms with Gasteiger partial charge in [-0.2, -0.15) is 0 Å². The summed E-state index contributed by atoms with van der Waals surface area (Å²) in [6, 6.07) is 7.33. The van der Waals surface area contributed by atoms with Crippen molar-refractivity contribution < 1.29 is 0 Å². The van der Waals surface area contributed by atoms with Gasteiger partial charge in [0.15, 0.2) is 0 Å². The molecule has 0 aromatic carbocycles. The van der Waals surface area contributed by atoms with E-state index in [0.717, 1.165) is 25.3 Å². The van der Waals surface area contributed by atoms with E-state index in [1.807, 2.05) is 12.1 Å². The highest BCUT2D eigenvalue weighted by Gasteiger charge is 2.24. The summed E-state index contributed by atoms with van der Waals surface area (Å²) >= 11 is 0. The fourth-order valence-electron chi connectivity index (χ4n) is 2.90. The Hall–Kier alpha value is -1.39. The third-order valence-corrected chi connectivity index (χ3v) is 3.98. The fourth-order valence-corrected chi connectivity index (χ4v) is 2.90. The second kappa shape index (κ2) is 5.31. The average molecular weight is 258 g/mol. The summed E-state index contributed by atoms with van der Waals surface area (Å²) in [7, 11) is 0. The molecule has 2 aromatic heterocycles. The molecule has 4 nitrogen and oxygen atoms in total. The molecule has 2 unspecified atom stereocenters. The summed E-state index contributed by atoms with van der Waals surface area (Å²) in [5, 5.41) is 3.56. The smallest absolute Gasteiger partial charge is 0.137 e. The number of pyridine rings is 1. The predicted octanol–water partition coefficient (Wildman–Crippen LogP) is 1.91. The maximum Gasteiger partial charge on any atom is 0.137 e. The molecule has 0 spiro atoms. The Balaban J connectivity index is 1.78. The standard InChI is InChI=1S/C15H22N4/c1-3-14-8-16-12(2)9-19(14)11-13-10-18-7-5-4-6-15(18)17-13/h4-7,10,12,14,16H,3,8-9,11H2,1-2H3. The van der Waals surface area contributed by atoms with E-state index in [1.165, 1.54) is 12.1 Å². The lowest BCUT2D eigenvalue weighted by atomic mass is 10.1. The Morgan fingerprint density at radius 3 is 3.11 bits per heavy atom. The average Bonchev–Trinajstić information content (AvgIpc) is 2.81. The molecule has 3 rings (SSSR count). The van der Waals surface area contributed by atoms with Gasteiger partial charge in [-0.1, -0.05) is 13.0 Å². The summed E-state index contributed by atoms with van der Waals surface area (Å²) < 4.78 is 2.10. The van der Waals surface area contributed by atoms with Crippen molar-refractivity contribution in [1.29, 1.82) is 0 Å². The van der Waals surface area contributed by atoms with Crippen molar-refractivity contribution in [3.63, 3.8) is 0 Å². The van der Waals surface area contributed by atoms with E-state index in [2.05, 4.69) is 46.9 Å². The van der Waals surface area contributed by atoms with Gasteiger partial charge in [0.25, 0.3) is 0 Å². The minimum Gasteiger partial charge on any atom is -0.311 e. The van der Waals surface area contributed by atoms with Crippen LogP contribution < -0.4 is 5.32 Å². The quantitative estimate of drug-likeness (QED) is 0.913. The monoisotopic (exact) mass is 258 g/mol. The van der Waals surface area contributed by atoms with Crippen LogP contribution in [0.3, 0.4) is 0 Å². The lowest BCUT2D eigenvalue weighted by Gasteiger charge is -2.38. The zero-order chi connectivity index (χ0) is 13.2. The van der Waals surface area contributed by atoms with Crippen LogP contribution in [-0.2, 0) is 6.54 Å². The maximum absolute atomic E-state index is 4.70. The van der Waals surface area contributed by atoms with E-state index in [1.54, 1.807) is 0 Å². The molecule has 0 radical (unpaired) electrons. The Labute approximate surface area is 114 Å². The fraction of sp³-hybridized carbons (Fsp3) is 0.533. The number of hydrogen-bond donors (Lipinski definition) is 1. The van der Waals surface area contributed by atoms with Crippen LogP contribution in [0.4, 0.5) is 0 Å². The van der Waals surface area contributed by atoms with Gasteiger partial charge in [0.2, 0.25) is 0 Å². The molecular formula is C15H22N4. The van der Waals surface area contributed by atoms with E-state index in [-0.39, 0.29) is 0 Å². The van der Waals surface area contributed by atoms with E-state index in [0.29, 0.717) is 12.1 Å². The van der Waals surface area contributed by atoms with Crippen LogP contribution in [0.25, 0.3) is 5.65 Å². The summed E-state index contributed by atoms with van der Waals surface area (Å²) in [4.78, 5) is 7.26. The van der Waals surface area contributed by atoms with Gasteiger partial charge in [-0.15, -0.1) is 0 Å². The van der Waals surface area contributed by atoms with Crippen molar-refractivity contribution in [2.24, 2.45) is 0 Å². The summed E-state index contributed by atoms with van der Waals surface area (Å²) in [5.41, 5.74) is 2.20. The minimum atomic E-state index is 0.569. The summed E-state index contributed by atoms with van der Waals surface area (Å²) in [5.74, 6) is 0. The number of hydrogen-bond acceptors (Lipinski definition) is 3. The van der Waals surface area contributed by atoms with Gasteiger partial charge in [0.05, 0.1) is 5.69 Å². The Morgan fingerprint density at radius 1 is 1.42 bits per heavy atom. The van der Waals surface area contributed by atoms with Crippen molar-refractivity contribution in [1.82, 2.24) is 19.6 Å². The Kier molecular flexibility index (Phi) is 3.53. The third kappa shape index (κ3) is 2.65. The molecule has 0 aliphatic carbocycles. The van der Waals surface area contributed by atoms with Crippen LogP contribution in [0.2, 0.25) is 0 Å². The molecule has 0 bridgehead atoms. The SMILES string of the molecule is CCC1CNC(C)CN1Cc1cn2ccccc2n1. The molecule has 0 saturated carbocycles. The van der Waals surface area contributed by atoms with Crippen molar-refractivity contribution in [3.05, 3.63) is 36.3 Å². The van der Waals surface area contributed by atoms with Gasteiger partial charge in [-0.3, -0.25) is 4.90 Å². The molecule has 1 aliphatic heterocycles. The highest BCUT2D eigenvalue weighted by Crippen LogP contribution is 2.15. The van der Waals surface area contributed by atoms with Crippen LogP contribution in [0, 0.1) is 0 Å². The Morgan fingerprint density at radius 2 is 2.32 bits per heavy atom. The van der Waals surface area contributed by atoms with Crippen LogP contribution in [-0.4, -0.2) is 39.5 Å². The molecule has 2 atom stereocenters. The molecule has 1 fully saturated rings. The second-order valence-corrected chi connectivity index (χ2v) is 5.50. The molecule has 1 N–H and O–H groups in total. The highest BCUT2D eigenvalue weighted by atomic mass is 15.2. The molecule has 0 amide bonds. The number of nitrogens with one attached hydrogen (secondary N) is 1. The van der Waals surface area contributed by atoms with Crippen LogP contribution >= 0.6 is 0 Å². The normalized spacial score (nSPS) is 24.9. The number of fused-ring (bicyclic) bond motifs is 1. The van der Waals surface area contributed by atoms with Crippen molar-refractivity contribution >= 4 is 5.65 Å². The molecule has 4 heteroatoms. The topological polar surface area (TPSA) is 32.6 Å². The lowest BCUT2D eigenvalue weighted by molar-refractivity contribution is 0.123. The molecule has 1 saturated heterocycles. The van der Waals surface area contributed by atoms with Crippen LogP contribution in [0.1, 0.15) is 26.0 Å². The van der Waals surface area contributed by atoms with Crippen molar-refractivity contribution in [2.45, 2.75) is 38.9 Å². The Bertz CT molecular complexity index is 515. The first-order valence-electron chi connectivity index (χ1n) is 7.16. The lowest BCUT2D eigenvalue weighted by Crippen LogP contribution is -2.54. The molecule has 3 heterocycles. The second-order valence-electron chi connectivity index (χ2n) is 5.50. The first-order valence-corrected chi connectivity index (χ1v) is 7.16.